The first-order valence-corrected chi connectivity index (χ1v) is 7.93. The zero-order chi connectivity index (χ0) is 15.8. The summed E-state index contributed by atoms with van der Waals surface area (Å²) in [4.78, 5) is 18.6. The number of rotatable bonds is 3. The second-order valence-corrected chi connectivity index (χ2v) is 6.27. The standard InChI is InChI=1S/C17H18FN3O2/c18-13-7-12(8-19-9-13)15-1-2-16(23-15)17(22)20-14-10-21-5-3-11(14)4-6-21/h1-2,7-9,11,14H,3-6,10H2,(H,20,22)/t14-/m0/s1. The highest BCUT2D eigenvalue weighted by Gasteiger charge is 2.35. The van der Waals surface area contributed by atoms with Crippen molar-refractivity contribution in [2.45, 2.75) is 18.9 Å². The molecule has 3 aliphatic heterocycles. The van der Waals surface area contributed by atoms with E-state index in [1.54, 1.807) is 12.1 Å². The molecule has 5 nitrogen and oxygen atoms in total. The van der Waals surface area contributed by atoms with Crippen LogP contribution in [0.25, 0.3) is 11.3 Å². The molecule has 5 rings (SSSR count). The van der Waals surface area contributed by atoms with Gasteiger partial charge in [-0.25, -0.2) is 4.39 Å². The van der Waals surface area contributed by atoms with Crippen molar-refractivity contribution >= 4 is 5.91 Å². The monoisotopic (exact) mass is 315 g/mol. The first kappa shape index (κ1) is 14.4. The van der Waals surface area contributed by atoms with Crippen LogP contribution >= 0.6 is 0 Å². The van der Waals surface area contributed by atoms with Gasteiger partial charge in [0.25, 0.3) is 5.91 Å². The predicted octanol–water partition coefficient (Wildman–Crippen LogP) is 2.30. The summed E-state index contributed by atoms with van der Waals surface area (Å²) in [6.07, 6.45) is 4.93. The lowest BCUT2D eigenvalue weighted by molar-refractivity contribution is 0.0606. The second kappa shape index (κ2) is 5.77. The molecule has 1 atom stereocenters. The molecule has 1 amide bonds. The van der Waals surface area contributed by atoms with Gasteiger partial charge in [0, 0.05) is 24.3 Å². The van der Waals surface area contributed by atoms with Crippen LogP contribution < -0.4 is 5.32 Å². The van der Waals surface area contributed by atoms with Gasteiger partial charge in [-0.1, -0.05) is 0 Å². The Labute approximate surface area is 133 Å². The minimum absolute atomic E-state index is 0.189. The summed E-state index contributed by atoms with van der Waals surface area (Å²) in [5, 5.41) is 3.08. The van der Waals surface area contributed by atoms with Crippen LogP contribution in [0.4, 0.5) is 4.39 Å². The summed E-state index contributed by atoms with van der Waals surface area (Å²) < 4.78 is 18.8. The van der Waals surface area contributed by atoms with Gasteiger partial charge in [-0.15, -0.1) is 0 Å². The van der Waals surface area contributed by atoms with Gasteiger partial charge in [-0.05, 0) is 50.0 Å². The first-order chi connectivity index (χ1) is 11.2. The molecule has 0 aromatic carbocycles. The fourth-order valence-electron chi connectivity index (χ4n) is 3.53. The summed E-state index contributed by atoms with van der Waals surface area (Å²) in [7, 11) is 0. The third kappa shape index (κ3) is 2.86. The Morgan fingerprint density at radius 3 is 2.83 bits per heavy atom. The van der Waals surface area contributed by atoms with E-state index in [1.807, 2.05) is 0 Å². The number of halogens is 1. The molecule has 3 fully saturated rings. The van der Waals surface area contributed by atoms with Crippen molar-refractivity contribution in [3.8, 4) is 11.3 Å². The van der Waals surface area contributed by atoms with E-state index in [9.17, 15) is 9.18 Å². The van der Waals surface area contributed by atoms with E-state index in [4.69, 9.17) is 4.42 Å². The fraction of sp³-hybridized carbons (Fsp3) is 0.412. The number of fused-ring (bicyclic) bond motifs is 3. The van der Waals surface area contributed by atoms with Crippen LogP contribution in [0.1, 0.15) is 23.4 Å². The van der Waals surface area contributed by atoms with E-state index >= 15 is 0 Å². The zero-order valence-corrected chi connectivity index (χ0v) is 12.7. The molecule has 3 saturated heterocycles. The molecule has 0 radical (unpaired) electrons. The van der Waals surface area contributed by atoms with E-state index in [1.165, 1.54) is 12.3 Å². The number of aromatic nitrogens is 1. The number of nitrogens with zero attached hydrogens (tertiary/aromatic N) is 2. The lowest BCUT2D eigenvalue weighted by Crippen LogP contribution is -2.57. The minimum Gasteiger partial charge on any atom is -0.451 e. The molecule has 0 saturated carbocycles. The van der Waals surface area contributed by atoms with Gasteiger partial charge in [0.05, 0.1) is 6.20 Å². The van der Waals surface area contributed by atoms with Crippen molar-refractivity contribution < 1.29 is 13.6 Å². The Bertz CT molecular complexity index is 722. The van der Waals surface area contributed by atoms with Crippen LogP contribution in [0.15, 0.2) is 35.0 Å². The zero-order valence-electron chi connectivity index (χ0n) is 12.7. The maximum Gasteiger partial charge on any atom is 0.287 e. The minimum atomic E-state index is -0.433. The van der Waals surface area contributed by atoms with Crippen molar-refractivity contribution in [2.75, 3.05) is 19.6 Å². The summed E-state index contributed by atoms with van der Waals surface area (Å²) in [6.45, 7) is 3.18. The largest absolute Gasteiger partial charge is 0.451 e. The quantitative estimate of drug-likeness (QED) is 0.944. The number of furan rings is 1. The Morgan fingerprint density at radius 1 is 1.30 bits per heavy atom. The number of carbonyl (C=O) groups is 1. The van der Waals surface area contributed by atoms with Gasteiger partial charge in [0.15, 0.2) is 5.76 Å². The molecule has 2 aromatic rings. The van der Waals surface area contributed by atoms with Crippen molar-refractivity contribution in [3.63, 3.8) is 0 Å². The van der Waals surface area contributed by atoms with Crippen LogP contribution in [0, 0.1) is 11.7 Å². The molecule has 6 heteroatoms. The number of carbonyl (C=O) groups excluding carboxylic acids is 1. The van der Waals surface area contributed by atoms with Crippen molar-refractivity contribution in [2.24, 2.45) is 5.92 Å². The lowest BCUT2D eigenvalue weighted by Gasteiger charge is -2.44. The molecular formula is C17H18FN3O2. The number of hydrogen-bond donors (Lipinski definition) is 1. The Kier molecular flexibility index (Phi) is 3.61. The van der Waals surface area contributed by atoms with Gasteiger partial charge in [0.2, 0.25) is 0 Å². The molecule has 0 unspecified atom stereocenters. The average Bonchev–Trinajstić information content (AvgIpc) is 3.06. The number of nitrogens with one attached hydrogen (secondary N) is 1. The summed E-state index contributed by atoms with van der Waals surface area (Å²) in [5.74, 6) is 0.610. The van der Waals surface area contributed by atoms with Crippen molar-refractivity contribution in [1.82, 2.24) is 15.2 Å². The van der Waals surface area contributed by atoms with Gasteiger partial charge < -0.3 is 14.6 Å². The van der Waals surface area contributed by atoms with Crippen LogP contribution in [-0.4, -0.2) is 41.5 Å². The topological polar surface area (TPSA) is 58.4 Å². The molecule has 3 aliphatic rings. The number of amides is 1. The first-order valence-electron chi connectivity index (χ1n) is 7.93. The molecule has 0 aliphatic carbocycles. The SMILES string of the molecule is O=C(N[C@H]1CN2CCC1CC2)c1ccc(-c2cncc(F)c2)o1. The second-order valence-electron chi connectivity index (χ2n) is 6.27. The molecule has 0 spiro atoms. The number of pyridine rings is 1. The van der Waals surface area contributed by atoms with Gasteiger partial charge in [-0.3, -0.25) is 9.78 Å². The van der Waals surface area contributed by atoms with E-state index in [0.29, 0.717) is 17.2 Å². The normalized spacial score (nSPS) is 26.2. The molecule has 23 heavy (non-hydrogen) atoms. The summed E-state index contributed by atoms with van der Waals surface area (Å²) >= 11 is 0. The van der Waals surface area contributed by atoms with Crippen LogP contribution in [0.5, 0.6) is 0 Å². The van der Waals surface area contributed by atoms with Crippen molar-refractivity contribution in [1.29, 1.82) is 0 Å². The molecule has 2 bridgehead atoms. The molecule has 1 N–H and O–H groups in total. The molecule has 5 heterocycles. The summed E-state index contributed by atoms with van der Waals surface area (Å²) in [6, 6.07) is 4.81. The highest BCUT2D eigenvalue weighted by molar-refractivity contribution is 5.92. The highest BCUT2D eigenvalue weighted by Crippen LogP contribution is 2.28. The average molecular weight is 315 g/mol. The van der Waals surface area contributed by atoms with Gasteiger partial charge in [0.1, 0.15) is 11.6 Å². The lowest BCUT2D eigenvalue weighted by atomic mass is 9.84. The van der Waals surface area contributed by atoms with Gasteiger partial charge >= 0.3 is 0 Å². The third-order valence-corrected chi connectivity index (χ3v) is 4.79. The Balaban J connectivity index is 1.47. The number of hydrogen-bond acceptors (Lipinski definition) is 4. The Hall–Kier alpha value is -2.21. The maximum absolute atomic E-state index is 13.2. The molecular weight excluding hydrogens is 297 g/mol. The fourth-order valence-corrected chi connectivity index (χ4v) is 3.53. The molecule has 120 valence electrons. The van der Waals surface area contributed by atoms with Crippen molar-refractivity contribution in [3.05, 3.63) is 42.2 Å². The van der Waals surface area contributed by atoms with Gasteiger partial charge in [-0.2, -0.15) is 0 Å². The van der Waals surface area contributed by atoms with Crippen LogP contribution in [-0.2, 0) is 0 Å². The maximum atomic E-state index is 13.2. The number of piperidine rings is 3. The predicted molar refractivity (Wildman–Crippen MR) is 82.3 cm³/mol. The highest BCUT2D eigenvalue weighted by atomic mass is 19.1. The van der Waals surface area contributed by atoms with E-state index < -0.39 is 5.82 Å². The van der Waals surface area contributed by atoms with E-state index in [-0.39, 0.29) is 17.7 Å². The smallest absolute Gasteiger partial charge is 0.287 e. The van der Waals surface area contributed by atoms with E-state index in [2.05, 4.69) is 15.2 Å². The third-order valence-electron chi connectivity index (χ3n) is 4.79. The Morgan fingerprint density at radius 2 is 2.13 bits per heavy atom. The summed E-state index contributed by atoms with van der Waals surface area (Å²) in [5.41, 5.74) is 0.520. The van der Waals surface area contributed by atoms with Crippen LogP contribution in [0.2, 0.25) is 0 Å². The van der Waals surface area contributed by atoms with Crippen LogP contribution in [0.3, 0.4) is 0 Å². The van der Waals surface area contributed by atoms with E-state index in [0.717, 1.165) is 38.7 Å². The molecule has 2 aromatic heterocycles.